The fourth-order valence-electron chi connectivity index (χ4n) is 2.15. The molecule has 0 bridgehead atoms. The van der Waals surface area contributed by atoms with Crippen molar-refractivity contribution in [2.24, 2.45) is 0 Å². The van der Waals surface area contributed by atoms with Gasteiger partial charge in [0, 0.05) is 6.07 Å². The van der Waals surface area contributed by atoms with Crippen LogP contribution in [-0.4, -0.2) is 24.0 Å². The minimum Gasteiger partial charge on any atom is -0.465 e. The number of nitro benzene ring substituents is 1. The zero-order valence-corrected chi connectivity index (χ0v) is 13.1. The molecule has 0 aromatic heterocycles. The molecule has 2 rings (SSSR count). The fraction of sp³-hybridized carbons (Fsp3) is 0.176. The van der Waals surface area contributed by atoms with Crippen LogP contribution in [-0.2, 0) is 16.1 Å². The van der Waals surface area contributed by atoms with E-state index in [9.17, 15) is 19.7 Å². The van der Waals surface area contributed by atoms with Crippen molar-refractivity contribution in [1.82, 2.24) is 0 Å². The van der Waals surface area contributed by atoms with E-state index in [4.69, 9.17) is 4.74 Å². The molecule has 0 aliphatic rings. The molecule has 124 valence electrons. The molecule has 0 saturated heterocycles. The van der Waals surface area contributed by atoms with E-state index in [1.165, 1.54) is 19.2 Å². The van der Waals surface area contributed by atoms with Gasteiger partial charge in [-0.2, -0.15) is 0 Å². The van der Waals surface area contributed by atoms with Crippen molar-refractivity contribution in [3.05, 3.63) is 74.8 Å². The van der Waals surface area contributed by atoms with Gasteiger partial charge in [0.15, 0.2) is 0 Å². The van der Waals surface area contributed by atoms with Crippen LogP contribution in [0.4, 0.5) is 5.69 Å². The van der Waals surface area contributed by atoms with Crippen LogP contribution in [0, 0.1) is 17.0 Å². The largest absolute Gasteiger partial charge is 0.465 e. The van der Waals surface area contributed by atoms with Crippen molar-refractivity contribution in [1.29, 1.82) is 0 Å². The summed E-state index contributed by atoms with van der Waals surface area (Å²) in [4.78, 5) is 33.9. The summed E-state index contributed by atoms with van der Waals surface area (Å²) in [7, 11) is 1.28. The minimum atomic E-state index is -0.767. The lowest BCUT2D eigenvalue weighted by Crippen LogP contribution is -2.10. The smallest absolute Gasteiger partial charge is 0.345 e. The van der Waals surface area contributed by atoms with Crippen LogP contribution in [0.5, 0.6) is 0 Å². The lowest BCUT2D eigenvalue weighted by Gasteiger charge is -2.08. The summed E-state index contributed by atoms with van der Waals surface area (Å²) in [6, 6.07) is 10.7. The molecule has 7 nitrogen and oxygen atoms in total. The Morgan fingerprint density at radius 2 is 1.75 bits per heavy atom. The van der Waals surface area contributed by atoms with Crippen molar-refractivity contribution in [3.63, 3.8) is 0 Å². The van der Waals surface area contributed by atoms with Gasteiger partial charge in [-0.25, -0.2) is 9.59 Å². The van der Waals surface area contributed by atoms with Gasteiger partial charge in [0.2, 0.25) is 0 Å². The standard InChI is InChI=1S/C17H15NO6/c1-11-4-3-5-14(18(21)22)15(11)17(20)24-10-12-6-8-13(9-7-12)16(19)23-2/h3-9H,10H2,1-2H3. The van der Waals surface area contributed by atoms with Crippen LogP contribution in [0.1, 0.15) is 31.8 Å². The molecular formula is C17H15NO6. The van der Waals surface area contributed by atoms with E-state index in [1.54, 1.807) is 37.3 Å². The predicted octanol–water partition coefficient (Wildman–Crippen LogP) is 3.05. The summed E-state index contributed by atoms with van der Waals surface area (Å²) in [5.74, 6) is -1.23. The Balaban J connectivity index is 2.11. The summed E-state index contributed by atoms with van der Waals surface area (Å²) in [6.07, 6.45) is 0. The fourth-order valence-corrected chi connectivity index (χ4v) is 2.15. The first kappa shape index (κ1) is 17.1. The van der Waals surface area contributed by atoms with Crippen LogP contribution in [0.3, 0.4) is 0 Å². The molecule has 0 N–H and O–H groups in total. The van der Waals surface area contributed by atoms with Gasteiger partial charge in [0.1, 0.15) is 12.2 Å². The van der Waals surface area contributed by atoms with E-state index in [2.05, 4.69) is 4.74 Å². The number of rotatable bonds is 5. The van der Waals surface area contributed by atoms with Gasteiger partial charge in [-0.15, -0.1) is 0 Å². The molecule has 0 unspecified atom stereocenters. The third-order valence-electron chi connectivity index (χ3n) is 3.40. The molecule has 2 aromatic rings. The highest BCUT2D eigenvalue weighted by Crippen LogP contribution is 2.23. The number of aryl methyl sites for hydroxylation is 1. The number of hydrogen-bond donors (Lipinski definition) is 0. The summed E-state index contributed by atoms with van der Waals surface area (Å²) < 4.78 is 9.75. The number of carbonyl (C=O) groups excluding carboxylic acids is 2. The van der Waals surface area contributed by atoms with Gasteiger partial charge >= 0.3 is 11.9 Å². The number of methoxy groups -OCH3 is 1. The van der Waals surface area contributed by atoms with Crippen molar-refractivity contribution in [2.75, 3.05) is 7.11 Å². The molecule has 0 aliphatic carbocycles. The molecule has 0 spiro atoms. The lowest BCUT2D eigenvalue weighted by molar-refractivity contribution is -0.385. The molecule has 0 heterocycles. The minimum absolute atomic E-state index is 0.0614. The molecule has 0 fully saturated rings. The number of esters is 2. The zero-order chi connectivity index (χ0) is 17.7. The topological polar surface area (TPSA) is 95.7 Å². The Morgan fingerprint density at radius 3 is 2.33 bits per heavy atom. The predicted molar refractivity (Wildman–Crippen MR) is 84.7 cm³/mol. The van der Waals surface area contributed by atoms with Gasteiger partial charge in [-0.1, -0.05) is 24.3 Å². The number of ether oxygens (including phenoxy) is 2. The number of nitro groups is 1. The van der Waals surface area contributed by atoms with Crippen molar-refractivity contribution < 1.29 is 24.0 Å². The molecule has 2 aromatic carbocycles. The number of nitrogens with zero attached hydrogens (tertiary/aromatic N) is 1. The highest BCUT2D eigenvalue weighted by Gasteiger charge is 2.23. The van der Waals surface area contributed by atoms with Crippen molar-refractivity contribution in [2.45, 2.75) is 13.5 Å². The number of hydrogen-bond acceptors (Lipinski definition) is 6. The maximum Gasteiger partial charge on any atom is 0.345 e. The number of carbonyl (C=O) groups is 2. The second-order valence-corrected chi connectivity index (χ2v) is 4.99. The van der Waals surface area contributed by atoms with Crippen LogP contribution in [0.25, 0.3) is 0 Å². The third kappa shape index (κ3) is 3.75. The van der Waals surface area contributed by atoms with E-state index in [0.717, 1.165) is 0 Å². The first-order valence-corrected chi connectivity index (χ1v) is 7.02. The van der Waals surface area contributed by atoms with E-state index < -0.39 is 16.9 Å². The Labute approximate surface area is 138 Å². The van der Waals surface area contributed by atoms with Gasteiger partial charge in [0.25, 0.3) is 5.69 Å². The molecule has 0 aliphatic heterocycles. The molecule has 0 saturated carbocycles. The lowest BCUT2D eigenvalue weighted by atomic mass is 10.1. The molecule has 24 heavy (non-hydrogen) atoms. The highest BCUT2D eigenvalue weighted by molar-refractivity contribution is 5.95. The monoisotopic (exact) mass is 329 g/mol. The molecule has 0 atom stereocenters. The summed E-state index contributed by atoms with van der Waals surface area (Å²) >= 11 is 0. The van der Waals surface area contributed by atoms with E-state index in [-0.39, 0.29) is 17.9 Å². The summed E-state index contributed by atoms with van der Waals surface area (Å²) in [5, 5.41) is 11.0. The third-order valence-corrected chi connectivity index (χ3v) is 3.40. The normalized spacial score (nSPS) is 10.1. The number of benzene rings is 2. The van der Waals surface area contributed by atoms with Gasteiger partial charge in [-0.05, 0) is 30.2 Å². The van der Waals surface area contributed by atoms with Gasteiger partial charge in [-0.3, -0.25) is 10.1 Å². The first-order chi connectivity index (χ1) is 11.4. The molecule has 0 radical (unpaired) electrons. The molecule has 7 heteroatoms. The summed E-state index contributed by atoms with van der Waals surface area (Å²) in [5.41, 5.74) is 1.14. The van der Waals surface area contributed by atoms with Crippen LogP contribution < -0.4 is 0 Å². The average Bonchev–Trinajstić information content (AvgIpc) is 2.59. The van der Waals surface area contributed by atoms with Crippen molar-refractivity contribution >= 4 is 17.6 Å². The highest BCUT2D eigenvalue weighted by atomic mass is 16.6. The SMILES string of the molecule is COC(=O)c1ccc(COC(=O)c2c(C)cccc2[N+](=O)[O-])cc1. The maximum atomic E-state index is 12.2. The van der Waals surface area contributed by atoms with Gasteiger partial charge in [0.05, 0.1) is 17.6 Å². The Bertz CT molecular complexity index is 782. The molecule has 0 amide bonds. The van der Waals surface area contributed by atoms with Crippen LogP contribution in [0.15, 0.2) is 42.5 Å². The molecular weight excluding hydrogens is 314 g/mol. The van der Waals surface area contributed by atoms with Crippen LogP contribution in [0.2, 0.25) is 0 Å². The second-order valence-electron chi connectivity index (χ2n) is 4.99. The second kappa shape index (κ2) is 7.36. The van der Waals surface area contributed by atoms with E-state index in [0.29, 0.717) is 16.7 Å². The first-order valence-electron chi connectivity index (χ1n) is 7.02. The van der Waals surface area contributed by atoms with Gasteiger partial charge < -0.3 is 9.47 Å². The Hall–Kier alpha value is -3.22. The quantitative estimate of drug-likeness (QED) is 0.475. The summed E-state index contributed by atoms with van der Waals surface area (Å²) in [6.45, 7) is 1.54. The Kier molecular flexibility index (Phi) is 5.26. The van der Waals surface area contributed by atoms with E-state index in [1.807, 2.05) is 0 Å². The zero-order valence-electron chi connectivity index (χ0n) is 13.1. The average molecular weight is 329 g/mol. The Morgan fingerprint density at radius 1 is 1.08 bits per heavy atom. The van der Waals surface area contributed by atoms with Crippen LogP contribution >= 0.6 is 0 Å². The van der Waals surface area contributed by atoms with E-state index >= 15 is 0 Å². The van der Waals surface area contributed by atoms with Crippen molar-refractivity contribution in [3.8, 4) is 0 Å². The maximum absolute atomic E-state index is 12.2.